The summed E-state index contributed by atoms with van der Waals surface area (Å²) < 4.78 is 4.93. The second-order valence-electron chi connectivity index (χ2n) is 7.69. The lowest BCUT2D eigenvalue weighted by atomic mass is 10.1. The van der Waals surface area contributed by atoms with Crippen molar-refractivity contribution >= 4 is 5.97 Å². The topological polar surface area (TPSA) is 26.3 Å². The molecule has 0 radical (unpaired) electrons. The zero-order valence-corrected chi connectivity index (χ0v) is 17.9. The van der Waals surface area contributed by atoms with Crippen LogP contribution < -0.4 is 0 Å². The van der Waals surface area contributed by atoms with Crippen molar-refractivity contribution in [2.75, 3.05) is 6.61 Å². The van der Waals surface area contributed by atoms with Gasteiger partial charge in [-0.1, -0.05) is 103 Å². The molecule has 0 atom stereocenters. The number of rotatable bonds is 20. The van der Waals surface area contributed by atoms with Gasteiger partial charge in [-0.3, -0.25) is 4.79 Å². The molecule has 26 heavy (non-hydrogen) atoms. The first-order valence-electron chi connectivity index (χ1n) is 11.6. The fraction of sp³-hybridized carbons (Fsp3) is 0.875. The molecule has 0 saturated heterocycles. The third-order valence-corrected chi connectivity index (χ3v) is 4.96. The van der Waals surface area contributed by atoms with Crippen LogP contribution in [0.2, 0.25) is 0 Å². The van der Waals surface area contributed by atoms with Gasteiger partial charge in [0.15, 0.2) is 0 Å². The van der Waals surface area contributed by atoms with Crippen molar-refractivity contribution in [3.05, 3.63) is 12.2 Å². The molecule has 0 aliphatic heterocycles. The van der Waals surface area contributed by atoms with Crippen molar-refractivity contribution in [2.45, 2.75) is 129 Å². The third-order valence-electron chi connectivity index (χ3n) is 4.96. The number of hydrogen-bond acceptors (Lipinski definition) is 2. The van der Waals surface area contributed by atoms with Crippen LogP contribution in [-0.2, 0) is 9.53 Å². The highest BCUT2D eigenvalue weighted by Gasteiger charge is 1.94. The molecule has 0 fully saturated rings. The minimum absolute atomic E-state index is 0.156. The summed E-state index contributed by atoms with van der Waals surface area (Å²) in [4.78, 5) is 10.6. The van der Waals surface area contributed by atoms with Crippen molar-refractivity contribution < 1.29 is 9.53 Å². The standard InChI is InChI=1S/C24H46O2/c1-3-4-5-6-7-8-9-10-11-12-13-14-15-16-17-18-19-20-21-22-23-26-24(2)25/h12-13H,3-11,14-23H2,1-2H3. The lowest BCUT2D eigenvalue weighted by molar-refractivity contribution is -0.141. The molecule has 0 spiro atoms. The predicted molar refractivity (Wildman–Crippen MR) is 115 cm³/mol. The highest BCUT2D eigenvalue weighted by Crippen LogP contribution is 2.12. The average Bonchev–Trinajstić information content (AvgIpc) is 2.62. The highest BCUT2D eigenvalue weighted by atomic mass is 16.5. The maximum absolute atomic E-state index is 10.6. The molecule has 0 unspecified atom stereocenters. The molecule has 0 aliphatic carbocycles. The molecule has 0 aromatic carbocycles. The van der Waals surface area contributed by atoms with E-state index in [2.05, 4.69) is 19.1 Å². The van der Waals surface area contributed by atoms with Gasteiger partial charge in [0.1, 0.15) is 0 Å². The largest absolute Gasteiger partial charge is 0.466 e. The van der Waals surface area contributed by atoms with Crippen molar-refractivity contribution in [3.8, 4) is 0 Å². The van der Waals surface area contributed by atoms with E-state index in [-0.39, 0.29) is 5.97 Å². The fourth-order valence-corrected chi connectivity index (χ4v) is 3.27. The van der Waals surface area contributed by atoms with E-state index in [1.165, 1.54) is 116 Å². The maximum atomic E-state index is 10.6. The van der Waals surface area contributed by atoms with E-state index in [1.54, 1.807) is 0 Å². The lowest BCUT2D eigenvalue weighted by Crippen LogP contribution is -2.00. The molecule has 0 bridgehead atoms. The van der Waals surface area contributed by atoms with E-state index in [4.69, 9.17) is 4.74 Å². The SMILES string of the molecule is CCCCCCCCCCC=CCCCCCCCCCCOC(C)=O. The Morgan fingerprint density at radius 3 is 1.42 bits per heavy atom. The Bertz CT molecular complexity index is 309. The van der Waals surface area contributed by atoms with Crippen molar-refractivity contribution in [3.63, 3.8) is 0 Å². The molecule has 2 nitrogen and oxygen atoms in total. The van der Waals surface area contributed by atoms with Gasteiger partial charge in [0.05, 0.1) is 6.61 Å². The summed E-state index contributed by atoms with van der Waals surface area (Å²) in [5, 5.41) is 0. The Balaban J connectivity index is 3.07. The Labute approximate surface area is 164 Å². The van der Waals surface area contributed by atoms with Crippen LogP contribution in [0.15, 0.2) is 12.2 Å². The van der Waals surface area contributed by atoms with Gasteiger partial charge in [0.25, 0.3) is 0 Å². The number of hydrogen-bond donors (Lipinski definition) is 0. The summed E-state index contributed by atoms with van der Waals surface area (Å²) in [5.74, 6) is -0.156. The van der Waals surface area contributed by atoms with E-state index >= 15 is 0 Å². The van der Waals surface area contributed by atoms with E-state index in [0.717, 1.165) is 6.42 Å². The molecule has 0 amide bonds. The number of carbonyl (C=O) groups excluding carboxylic acids is 1. The number of unbranched alkanes of at least 4 members (excludes halogenated alkanes) is 16. The van der Waals surface area contributed by atoms with E-state index < -0.39 is 0 Å². The van der Waals surface area contributed by atoms with Crippen LogP contribution in [0.3, 0.4) is 0 Å². The minimum atomic E-state index is -0.156. The monoisotopic (exact) mass is 366 g/mol. The first kappa shape index (κ1) is 25.2. The van der Waals surface area contributed by atoms with Gasteiger partial charge in [0, 0.05) is 6.92 Å². The van der Waals surface area contributed by atoms with E-state index in [0.29, 0.717) is 6.61 Å². The molecule has 154 valence electrons. The van der Waals surface area contributed by atoms with Gasteiger partial charge >= 0.3 is 5.97 Å². The Morgan fingerprint density at radius 2 is 1.00 bits per heavy atom. The summed E-state index contributed by atoms with van der Waals surface area (Å²) in [7, 11) is 0. The number of esters is 1. The van der Waals surface area contributed by atoms with Gasteiger partial charge in [-0.25, -0.2) is 0 Å². The minimum Gasteiger partial charge on any atom is -0.466 e. The van der Waals surface area contributed by atoms with Crippen LogP contribution in [0, 0.1) is 0 Å². The first-order valence-corrected chi connectivity index (χ1v) is 11.6. The fourth-order valence-electron chi connectivity index (χ4n) is 3.27. The van der Waals surface area contributed by atoms with Crippen molar-refractivity contribution in [1.82, 2.24) is 0 Å². The summed E-state index contributed by atoms with van der Waals surface area (Å²) >= 11 is 0. The molecule has 0 aromatic heterocycles. The summed E-state index contributed by atoms with van der Waals surface area (Å²) in [6.45, 7) is 4.36. The third kappa shape index (κ3) is 23.2. The second kappa shape index (κ2) is 22.3. The normalized spacial score (nSPS) is 11.3. The Morgan fingerprint density at radius 1 is 0.615 bits per heavy atom. The maximum Gasteiger partial charge on any atom is 0.302 e. The van der Waals surface area contributed by atoms with Crippen LogP contribution in [-0.4, -0.2) is 12.6 Å². The summed E-state index contributed by atoms with van der Waals surface area (Å²) in [6, 6.07) is 0. The van der Waals surface area contributed by atoms with Crippen molar-refractivity contribution in [1.29, 1.82) is 0 Å². The zero-order chi connectivity index (χ0) is 19.1. The van der Waals surface area contributed by atoms with E-state index in [1.807, 2.05) is 0 Å². The van der Waals surface area contributed by atoms with Gasteiger partial charge in [-0.2, -0.15) is 0 Å². The molecule has 2 heteroatoms. The Kier molecular flexibility index (Phi) is 21.6. The van der Waals surface area contributed by atoms with Gasteiger partial charge in [-0.05, 0) is 32.1 Å². The van der Waals surface area contributed by atoms with Gasteiger partial charge < -0.3 is 4.74 Å². The number of ether oxygens (including phenoxy) is 1. The van der Waals surface area contributed by atoms with E-state index in [9.17, 15) is 4.79 Å². The Hall–Kier alpha value is -0.790. The predicted octanol–water partition coefficient (Wildman–Crippen LogP) is 8.15. The zero-order valence-electron chi connectivity index (χ0n) is 17.9. The molecule has 0 aromatic rings. The quantitative estimate of drug-likeness (QED) is 0.123. The van der Waals surface area contributed by atoms with Crippen molar-refractivity contribution in [2.24, 2.45) is 0 Å². The smallest absolute Gasteiger partial charge is 0.302 e. The lowest BCUT2D eigenvalue weighted by Gasteiger charge is -2.02. The molecule has 0 aliphatic rings. The molecular weight excluding hydrogens is 320 g/mol. The number of allylic oxidation sites excluding steroid dienone is 2. The molecule has 0 heterocycles. The molecule has 0 rings (SSSR count). The highest BCUT2D eigenvalue weighted by molar-refractivity contribution is 5.65. The summed E-state index contributed by atoms with van der Waals surface area (Å²) in [6.07, 6.45) is 28.9. The van der Waals surface area contributed by atoms with Gasteiger partial charge in [-0.15, -0.1) is 0 Å². The number of carbonyl (C=O) groups is 1. The van der Waals surface area contributed by atoms with Crippen LogP contribution in [0.4, 0.5) is 0 Å². The van der Waals surface area contributed by atoms with Gasteiger partial charge in [0.2, 0.25) is 0 Å². The van der Waals surface area contributed by atoms with Crippen LogP contribution >= 0.6 is 0 Å². The second-order valence-corrected chi connectivity index (χ2v) is 7.69. The molecular formula is C24H46O2. The first-order chi connectivity index (χ1) is 12.8. The average molecular weight is 367 g/mol. The van der Waals surface area contributed by atoms with Crippen LogP contribution in [0.25, 0.3) is 0 Å². The summed E-state index contributed by atoms with van der Waals surface area (Å²) in [5.41, 5.74) is 0. The molecule has 0 saturated carbocycles. The van der Waals surface area contributed by atoms with Crippen LogP contribution in [0.1, 0.15) is 129 Å². The van der Waals surface area contributed by atoms with Crippen LogP contribution in [0.5, 0.6) is 0 Å². The molecule has 0 N–H and O–H groups in total.